The first-order chi connectivity index (χ1) is 13.0. The average molecular weight is 400 g/mol. The lowest BCUT2D eigenvalue weighted by Crippen LogP contribution is -2.28. The zero-order valence-corrected chi connectivity index (χ0v) is 17.4. The van der Waals surface area contributed by atoms with Gasteiger partial charge in [0, 0.05) is 5.56 Å². The van der Waals surface area contributed by atoms with E-state index in [2.05, 4.69) is 0 Å². The van der Waals surface area contributed by atoms with E-state index in [1.807, 2.05) is 63.2 Å². The predicted molar refractivity (Wildman–Crippen MR) is 116 cm³/mol. The summed E-state index contributed by atoms with van der Waals surface area (Å²) in [5, 5.41) is 0. The third-order valence-corrected chi connectivity index (χ3v) is 5.49. The zero-order valence-electron chi connectivity index (χ0n) is 15.7. The number of benzene rings is 2. The summed E-state index contributed by atoms with van der Waals surface area (Å²) in [6, 6.07) is 11.6. The molecule has 0 aromatic heterocycles. The molecule has 0 aliphatic carbocycles. The highest BCUT2D eigenvalue weighted by atomic mass is 32.2. The number of methoxy groups -OCH3 is 1. The lowest BCUT2D eigenvalue weighted by Gasteiger charge is -2.17. The summed E-state index contributed by atoms with van der Waals surface area (Å²) in [5.74, 6) is 1.14. The fourth-order valence-electron chi connectivity index (χ4n) is 2.98. The van der Waals surface area contributed by atoms with Crippen molar-refractivity contribution in [3.63, 3.8) is 0 Å². The number of rotatable bonds is 5. The molecule has 0 unspecified atom stereocenters. The minimum atomic E-state index is -0.123. The van der Waals surface area contributed by atoms with Gasteiger partial charge in [0.15, 0.2) is 15.8 Å². The van der Waals surface area contributed by atoms with Gasteiger partial charge in [-0.15, -0.1) is 0 Å². The Morgan fingerprint density at radius 1 is 1.22 bits per heavy atom. The largest absolute Gasteiger partial charge is 0.493 e. The topological polar surface area (TPSA) is 38.8 Å². The van der Waals surface area contributed by atoms with E-state index in [4.69, 9.17) is 21.7 Å². The molecule has 2 aromatic rings. The second-order valence-corrected chi connectivity index (χ2v) is 7.79. The van der Waals surface area contributed by atoms with Crippen LogP contribution in [0.15, 0.2) is 41.3 Å². The number of ether oxygens (including phenoxy) is 2. The monoisotopic (exact) mass is 399 g/mol. The summed E-state index contributed by atoms with van der Waals surface area (Å²) in [4.78, 5) is 15.2. The van der Waals surface area contributed by atoms with Crippen molar-refractivity contribution in [1.82, 2.24) is 0 Å². The molecule has 1 aliphatic heterocycles. The maximum Gasteiger partial charge on any atom is 0.270 e. The molecule has 3 rings (SSSR count). The summed E-state index contributed by atoms with van der Waals surface area (Å²) in [6.45, 7) is 6.43. The van der Waals surface area contributed by atoms with Crippen LogP contribution < -0.4 is 14.4 Å². The van der Waals surface area contributed by atoms with Gasteiger partial charge in [-0.25, -0.2) is 0 Å². The molecule has 0 spiro atoms. The Labute approximate surface area is 169 Å². The van der Waals surface area contributed by atoms with Crippen LogP contribution in [0.4, 0.5) is 5.69 Å². The molecule has 1 aliphatic rings. The molecule has 0 saturated carbocycles. The van der Waals surface area contributed by atoms with E-state index in [1.54, 1.807) is 12.0 Å². The smallest absolute Gasteiger partial charge is 0.270 e. The van der Waals surface area contributed by atoms with Gasteiger partial charge in [-0.05, 0) is 44.5 Å². The van der Waals surface area contributed by atoms with Gasteiger partial charge in [-0.1, -0.05) is 53.8 Å². The number of carbonyl (C=O) groups excluding carboxylic acids is 1. The Morgan fingerprint density at radius 3 is 2.67 bits per heavy atom. The second kappa shape index (κ2) is 8.15. The van der Waals surface area contributed by atoms with E-state index in [-0.39, 0.29) is 5.91 Å². The molecule has 6 heteroatoms. The van der Waals surface area contributed by atoms with E-state index in [1.165, 1.54) is 11.8 Å². The van der Waals surface area contributed by atoms with Gasteiger partial charge in [-0.2, -0.15) is 0 Å². The third-order valence-electron chi connectivity index (χ3n) is 4.19. The van der Waals surface area contributed by atoms with Crippen molar-refractivity contribution in [3.05, 3.63) is 58.0 Å². The quantitative estimate of drug-likeness (QED) is 0.516. The van der Waals surface area contributed by atoms with Gasteiger partial charge in [0.05, 0.1) is 24.3 Å². The molecular formula is C21H21NO3S2. The lowest BCUT2D eigenvalue weighted by atomic mass is 10.1. The molecule has 1 fully saturated rings. The molecule has 27 heavy (non-hydrogen) atoms. The maximum atomic E-state index is 13.1. The fourth-order valence-corrected chi connectivity index (χ4v) is 4.25. The summed E-state index contributed by atoms with van der Waals surface area (Å²) in [7, 11) is 1.60. The number of anilines is 1. The molecule has 0 radical (unpaired) electrons. The fraction of sp³-hybridized carbons (Fsp3) is 0.238. The molecule has 1 heterocycles. The normalized spacial score (nSPS) is 15.6. The molecule has 0 N–H and O–H groups in total. The van der Waals surface area contributed by atoms with Gasteiger partial charge in [-0.3, -0.25) is 9.69 Å². The summed E-state index contributed by atoms with van der Waals surface area (Å²) < 4.78 is 11.7. The van der Waals surface area contributed by atoms with Crippen LogP contribution in [0.2, 0.25) is 0 Å². The van der Waals surface area contributed by atoms with Crippen molar-refractivity contribution in [3.8, 4) is 11.5 Å². The first kappa shape index (κ1) is 19.5. The molecule has 0 bridgehead atoms. The highest BCUT2D eigenvalue weighted by Crippen LogP contribution is 2.40. The standard InChI is InChI=1S/C21H21NO3S2/c1-5-25-19-15(7-6-8-17(19)24-4)12-18-20(23)22(21(26)27-18)16-10-9-13(2)11-14(16)3/h6-12H,5H2,1-4H3/b18-12-. The predicted octanol–water partition coefficient (Wildman–Crippen LogP) is 5.12. The van der Waals surface area contributed by atoms with Crippen LogP contribution in [0.3, 0.4) is 0 Å². The number of para-hydroxylation sites is 1. The first-order valence-electron chi connectivity index (χ1n) is 8.61. The summed E-state index contributed by atoms with van der Waals surface area (Å²) in [5.41, 5.74) is 3.78. The van der Waals surface area contributed by atoms with Crippen LogP contribution in [0, 0.1) is 13.8 Å². The molecule has 0 atom stereocenters. The van der Waals surface area contributed by atoms with Crippen molar-refractivity contribution in [2.24, 2.45) is 0 Å². The van der Waals surface area contributed by atoms with Gasteiger partial charge >= 0.3 is 0 Å². The van der Waals surface area contributed by atoms with Gasteiger partial charge in [0.25, 0.3) is 5.91 Å². The molecule has 2 aromatic carbocycles. The van der Waals surface area contributed by atoms with Gasteiger partial charge in [0.2, 0.25) is 0 Å². The van der Waals surface area contributed by atoms with E-state index < -0.39 is 0 Å². The number of hydrogen-bond acceptors (Lipinski definition) is 5. The number of carbonyl (C=O) groups is 1. The summed E-state index contributed by atoms with van der Waals surface area (Å²) in [6.07, 6.45) is 1.82. The number of aryl methyl sites for hydroxylation is 2. The number of amides is 1. The van der Waals surface area contributed by atoms with Crippen LogP contribution >= 0.6 is 24.0 Å². The Morgan fingerprint density at radius 2 is 2.00 bits per heavy atom. The molecular weight excluding hydrogens is 378 g/mol. The number of thiocarbonyl (C=S) groups is 1. The van der Waals surface area contributed by atoms with E-state index in [9.17, 15) is 4.79 Å². The summed E-state index contributed by atoms with van der Waals surface area (Å²) >= 11 is 6.79. The number of hydrogen-bond donors (Lipinski definition) is 0. The number of nitrogens with zero attached hydrogens (tertiary/aromatic N) is 1. The van der Waals surface area contributed by atoms with E-state index in [0.717, 1.165) is 22.4 Å². The van der Waals surface area contributed by atoms with Crippen LogP contribution in [-0.4, -0.2) is 23.9 Å². The van der Waals surface area contributed by atoms with Crippen molar-refractivity contribution in [2.75, 3.05) is 18.6 Å². The zero-order chi connectivity index (χ0) is 19.6. The Bertz CT molecular complexity index is 937. The van der Waals surface area contributed by atoms with Crippen molar-refractivity contribution in [2.45, 2.75) is 20.8 Å². The van der Waals surface area contributed by atoms with Crippen LogP contribution in [-0.2, 0) is 4.79 Å². The molecule has 1 amide bonds. The average Bonchev–Trinajstić information content (AvgIpc) is 2.90. The second-order valence-electron chi connectivity index (χ2n) is 6.12. The molecule has 4 nitrogen and oxygen atoms in total. The van der Waals surface area contributed by atoms with Crippen molar-refractivity contribution in [1.29, 1.82) is 0 Å². The van der Waals surface area contributed by atoms with E-state index >= 15 is 0 Å². The highest BCUT2D eigenvalue weighted by Gasteiger charge is 2.34. The van der Waals surface area contributed by atoms with Crippen LogP contribution in [0.1, 0.15) is 23.6 Å². The molecule has 140 valence electrons. The Kier molecular flexibility index (Phi) is 5.87. The van der Waals surface area contributed by atoms with E-state index in [0.29, 0.717) is 27.3 Å². The molecule has 1 saturated heterocycles. The van der Waals surface area contributed by atoms with Crippen LogP contribution in [0.5, 0.6) is 11.5 Å². The minimum Gasteiger partial charge on any atom is -0.493 e. The maximum absolute atomic E-state index is 13.1. The van der Waals surface area contributed by atoms with Crippen molar-refractivity contribution < 1.29 is 14.3 Å². The number of thioether (sulfide) groups is 1. The van der Waals surface area contributed by atoms with Crippen molar-refractivity contribution >= 4 is 46.0 Å². The van der Waals surface area contributed by atoms with Gasteiger partial charge < -0.3 is 9.47 Å². The minimum absolute atomic E-state index is 0.123. The third kappa shape index (κ3) is 3.87. The lowest BCUT2D eigenvalue weighted by molar-refractivity contribution is -0.113. The van der Waals surface area contributed by atoms with Gasteiger partial charge in [0.1, 0.15) is 0 Å². The SMILES string of the molecule is CCOc1c(/C=C2\SC(=S)N(c3ccc(C)cc3C)C2=O)cccc1OC. The highest BCUT2D eigenvalue weighted by molar-refractivity contribution is 8.27. The Balaban J connectivity index is 2.00. The first-order valence-corrected chi connectivity index (χ1v) is 9.83. The Hall–Kier alpha value is -2.31. The van der Waals surface area contributed by atoms with Crippen LogP contribution in [0.25, 0.3) is 6.08 Å².